The Hall–Kier alpha value is -2.10. The monoisotopic (exact) mass is 258 g/mol. The van der Waals surface area contributed by atoms with Gasteiger partial charge in [0.05, 0.1) is 11.3 Å². The fraction of sp³-hybridized carbons (Fsp3) is 0.333. The fourth-order valence-electron chi connectivity index (χ4n) is 2.35. The van der Waals surface area contributed by atoms with Crippen molar-refractivity contribution >= 4 is 5.97 Å². The van der Waals surface area contributed by atoms with E-state index in [2.05, 4.69) is 12.0 Å². The standard InChI is InChI=1S/C15H18N2O2/c1-4-8-17-11(3)14(10(2)16-17)12-6-5-7-13(9-12)15(18)19/h5-7,9H,4,8H2,1-3H3,(H,18,19). The first-order valence-corrected chi connectivity index (χ1v) is 6.42. The molecule has 0 spiro atoms. The zero-order valence-corrected chi connectivity index (χ0v) is 11.5. The molecule has 0 aliphatic rings. The second-order valence-corrected chi connectivity index (χ2v) is 4.65. The van der Waals surface area contributed by atoms with Crippen LogP contribution in [-0.4, -0.2) is 20.9 Å². The Balaban J connectivity index is 2.52. The van der Waals surface area contributed by atoms with E-state index in [0.717, 1.165) is 35.5 Å². The summed E-state index contributed by atoms with van der Waals surface area (Å²) in [5, 5.41) is 13.6. The molecule has 0 radical (unpaired) electrons. The highest BCUT2D eigenvalue weighted by Crippen LogP contribution is 2.27. The third-order valence-corrected chi connectivity index (χ3v) is 3.22. The molecule has 4 heteroatoms. The van der Waals surface area contributed by atoms with Gasteiger partial charge in [-0.3, -0.25) is 4.68 Å². The fourth-order valence-corrected chi connectivity index (χ4v) is 2.35. The van der Waals surface area contributed by atoms with Gasteiger partial charge in [0, 0.05) is 17.8 Å². The van der Waals surface area contributed by atoms with Crippen molar-refractivity contribution in [3.63, 3.8) is 0 Å². The average molecular weight is 258 g/mol. The minimum Gasteiger partial charge on any atom is -0.478 e. The van der Waals surface area contributed by atoms with E-state index >= 15 is 0 Å². The quantitative estimate of drug-likeness (QED) is 0.915. The smallest absolute Gasteiger partial charge is 0.335 e. The van der Waals surface area contributed by atoms with Gasteiger partial charge in [-0.15, -0.1) is 0 Å². The minimum atomic E-state index is -0.905. The van der Waals surface area contributed by atoms with Crippen molar-refractivity contribution in [3.8, 4) is 11.1 Å². The lowest BCUT2D eigenvalue weighted by atomic mass is 10.0. The summed E-state index contributed by atoms with van der Waals surface area (Å²) in [5.74, 6) is -0.905. The number of carboxylic acids is 1. The highest BCUT2D eigenvalue weighted by Gasteiger charge is 2.14. The van der Waals surface area contributed by atoms with Crippen LogP contribution in [0.25, 0.3) is 11.1 Å². The van der Waals surface area contributed by atoms with Crippen LogP contribution in [0, 0.1) is 13.8 Å². The molecular formula is C15H18N2O2. The molecule has 0 unspecified atom stereocenters. The van der Waals surface area contributed by atoms with E-state index in [-0.39, 0.29) is 0 Å². The van der Waals surface area contributed by atoms with Crippen molar-refractivity contribution in [1.82, 2.24) is 9.78 Å². The van der Waals surface area contributed by atoms with Crippen LogP contribution in [0.5, 0.6) is 0 Å². The molecule has 19 heavy (non-hydrogen) atoms. The van der Waals surface area contributed by atoms with Gasteiger partial charge in [0.25, 0.3) is 0 Å². The maximum atomic E-state index is 11.0. The lowest BCUT2D eigenvalue weighted by Gasteiger charge is -2.05. The number of rotatable bonds is 4. The van der Waals surface area contributed by atoms with E-state index in [0.29, 0.717) is 5.56 Å². The number of aromatic carboxylic acids is 1. The van der Waals surface area contributed by atoms with E-state index in [1.807, 2.05) is 24.6 Å². The van der Waals surface area contributed by atoms with E-state index in [9.17, 15) is 4.79 Å². The lowest BCUT2D eigenvalue weighted by Crippen LogP contribution is -2.01. The number of benzene rings is 1. The van der Waals surface area contributed by atoms with Crippen LogP contribution >= 0.6 is 0 Å². The average Bonchev–Trinajstić information content (AvgIpc) is 2.65. The molecule has 2 aromatic rings. The molecule has 1 aromatic heterocycles. The molecular weight excluding hydrogens is 240 g/mol. The van der Waals surface area contributed by atoms with E-state index < -0.39 is 5.97 Å². The van der Waals surface area contributed by atoms with Gasteiger partial charge >= 0.3 is 5.97 Å². The molecule has 0 saturated heterocycles. The summed E-state index contributed by atoms with van der Waals surface area (Å²) in [6.07, 6.45) is 1.02. The first kappa shape index (κ1) is 13.3. The van der Waals surface area contributed by atoms with Crippen molar-refractivity contribution in [2.45, 2.75) is 33.7 Å². The predicted molar refractivity (Wildman–Crippen MR) is 74.4 cm³/mol. The third-order valence-electron chi connectivity index (χ3n) is 3.22. The molecule has 0 aliphatic carbocycles. The first-order valence-electron chi connectivity index (χ1n) is 6.42. The molecule has 1 aromatic carbocycles. The maximum Gasteiger partial charge on any atom is 0.335 e. The molecule has 0 atom stereocenters. The molecule has 0 saturated carbocycles. The van der Waals surface area contributed by atoms with Gasteiger partial charge in [-0.05, 0) is 38.0 Å². The molecule has 100 valence electrons. The van der Waals surface area contributed by atoms with Crippen LogP contribution in [0.2, 0.25) is 0 Å². The summed E-state index contributed by atoms with van der Waals surface area (Å²) in [7, 11) is 0. The zero-order valence-electron chi connectivity index (χ0n) is 11.5. The minimum absolute atomic E-state index is 0.305. The van der Waals surface area contributed by atoms with Crippen molar-refractivity contribution in [1.29, 1.82) is 0 Å². The number of hydrogen-bond donors (Lipinski definition) is 1. The van der Waals surface area contributed by atoms with Crippen LogP contribution in [0.15, 0.2) is 24.3 Å². The number of carbonyl (C=O) groups is 1. The summed E-state index contributed by atoms with van der Waals surface area (Å²) >= 11 is 0. The van der Waals surface area contributed by atoms with Crippen molar-refractivity contribution in [3.05, 3.63) is 41.2 Å². The Bertz CT molecular complexity index is 615. The van der Waals surface area contributed by atoms with Gasteiger partial charge in [0.15, 0.2) is 0 Å². The zero-order chi connectivity index (χ0) is 14.0. The van der Waals surface area contributed by atoms with E-state index in [1.54, 1.807) is 18.2 Å². The summed E-state index contributed by atoms with van der Waals surface area (Å²) < 4.78 is 1.98. The highest BCUT2D eigenvalue weighted by molar-refractivity contribution is 5.89. The number of aromatic nitrogens is 2. The van der Waals surface area contributed by atoms with E-state index in [1.165, 1.54) is 0 Å². The Morgan fingerprint density at radius 1 is 1.37 bits per heavy atom. The van der Waals surface area contributed by atoms with Gasteiger partial charge < -0.3 is 5.11 Å². The number of nitrogens with zero attached hydrogens (tertiary/aromatic N) is 2. The molecule has 1 heterocycles. The first-order chi connectivity index (χ1) is 9.04. The molecule has 1 N–H and O–H groups in total. The second-order valence-electron chi connectivity index (χ2n) is 4.65. The van der Waals surface area contributed by atoms with Gasteiger partial charge in [-0.2, -0.15) is 5.10 Å². The second kappa shape index (κ2) is 5.26. The molecule has 2 rings (SSSR count). The van der Waals surface area contributed by atoms with Gasteiger partial charge in [-0.25, -0.2) is 4.79 Å². The molecule has 4 nitrogen and oxygen atoms in total. The van der Waals surface area contributed by atoms with Crippen LogP contribution < -0.4 is 0 Å². The number of aryl methyl sites for hydroxylation is 2. The molecule has 0 aliphatic heterocycles. The number of carboxylic acid groups (broad SMARTS) is 1. The number of hydrogen-bond acceptors (Lipinski definition) is 2. The Kier molecular flexibility index (Phi) is 3.69. The highest BCUT2D eigenvalue weighted by atomic mass is 16.4. The summed E-state index contributed by atoms with van der Waals surface area (Å²) in [6, 6.07) is 7.01. The lowest BCUT2D eigenvalue weighted by molar-refractivity contribution is 0.0697. The Labute approximate surface area is 112 Å². The van der Waals surface area contributed by atoms with Crippen LogP contribution in [0.4, 0.5) is 0 Å². The van der Waals surface area contributed by atoms with Crippen LogP contribution in [0.3, 0.4) is 0 Å². The van der Waals surface area contributed by atoms with Crippen molar-refractivity contribution in [2.24, 2.45) is 0 Å². The van der Waals surface area contributed by atoms with Gasteiger partial charge in [0.1, 0.15) is 0 Å². The normalized spacial score (nSPS) is 10.7. The predicted octanol–water partition coefficient (Wildman–Crippen LogP) is 3.28. The summed E-state index contributed by atoms with van der Waals surface area (Å²) in [4.78, 5) is 11.0. The van der Waals surface area contributed by atoms with Crippen molar-refractivity contribution in [2.75, 3.05) is 0 Å². The summed E-state index contributed by atoms with van der Waals surface area (Å²) in [6.45, 7) is 6.98. The van der Waals surface area contributed by atoms with E-state index in [4.69, 9.17) is 5.11 Å². The molecule has 0 fully saturated rings. The Morgan fingerprint density at radius 2 is 2.11 bits per heavy atom. The summed E-state index contributed by atoms with van der Waals surface area (Å²) in [5.41, 5.74) is 4.28. The topological polar surface area (TPSA) is 55.1 Å². The third kappa shape index (κ3) is 2.52. The maximum absolute atomic E-state index is 11.0. The van der Waals surface area contributed by atoms with Crippen LogP contribution in [0.1, 0.15) is 35.1 Å². The van der Waals surface area contributed by atoms with Crippen LogP contribution in [-0.2, 0) is 6.54 Å². The molecule has 0 amide bonds. The van der Waals surface area contributed by atoms with Gasteiger partial charge in [0.2, 0.25) is 0 Å². The largest absolute Gasteiger partial charge is 0.478 e. The van der Waals surface area contributed by atoms with Gasteiger partial charge in [-0.1, -0.05) is 19.1 Å². The SMILES string of the molecule is CCCn1nc(C)c(-c2cccc(C(=O)O)c2)c1C. The molecule has 0 bridgehead atoms. The van der Waals surface area contributed by atoms with Crippen molar-refractivity contribution < 1.29 is 9.90 Å². The Morgan fingerprint density at radius 3 is 2.74 bits per heavy atom.